The van der Waals surface area contributed by atoms with Crippen LogP contribution < -0.4 is 0 Å². The van der Waals surface area contributed by atoms with Crippen LogP contribution in [0.5, 0.6) is 0 Å². The van der Waals surface area contributed by atoms with Crippen molar-refractivity contribution >= 4 is 5.70 Å². The summed E-state index contributed by atoms with van der Waals surface area (Å²) in [7, 11) is 2.22. The molecular formula is C26H31N3. The van der Waals surface area contributed by atoms with Crippen LogP contribution in [0.15, 0.2) is 61.2 Å². The third-order valence-electron chi connectivity index (χ3n) is 6.24. The highest BCUT2D eigenvalue weighted by Crippen LogP contribution is 2.25. The monoisotopic (exact) mass is 385 g/mol. The molecule has 2 aromatic rings. The van der Waals surface area contributed by atoms with Gasteiger partial charge in [-0.25, -0.2) is 0 Å². The quantitative estimate of drug-likeness (QED) is 0.745. The lowest BCUT2D eigenvalue weighted by atomic mass is 10.00. The van der Waals surface area contributed by atoms with Crippen LogP contribution >= 0.6 is 0 Å². The van der Waals surface area contributed by atoms with Gasteiger partial charge in [0.05, 0.1) is 0 Å². The van der Waals surface area contributed by atoms with E-state index in [-0.39, 0.29) is 0 Å². The lowest BCUT2D eigenvalue weighted by Gasteiger charge is -2.43. The molecule has 0 aliphatic carbocycles. The van der Waals surface area contributed by atoms with Gasteiger partial charge in [0.25, 0.3) is 0 Å². The van der Waals surface area contributed by atoms with Gasteiger partial charge in [0.2, 0.25) is 0 Å². The number of rotatable bonds is 3. The number of hydrogen-bond donors (Lipinski definition) is 0. The topological polar surface area (TPSA) is 9.72 Å². The summed E-state index contributed by atoms with van der Waals surface area (Å²) in [6.45, 7) is 11.4. The van der Waals surface area contributed by atoms with Gasteiger partial charge >= 0.3 is 0 Å². The second-order valence-corrected chi connectivity index (χ2v) is 8.20. The molecule has 3 heteroatoms. The maximum absolute atomic E-state index is 4.39. The van der Waals surface area contributed by atoms with Gasteiger partial charge < -0.3 is 9.80 Å². The zero-order valence-corrected chi connectivity index (χ0v) is 17.5. The summed E-state index contributed by atoms with van der Waals surface area (Å²) in [4.78, 5) is 7.58. The van der Waals surface area contributed by atoms with Crippen molar-refractivity contribution in [2.45, 2.75) is 18.9 Å². The molecule has 0 radical (unpaired) electrons. The molecule has 2 heterocycles. The van der Waals surface area contributed by atoms with Crippen molar-refractivity contribution in [3.63, 3.8) is 0 Å². The molecule has 2 fully saturated rings. The molecule has 0 N–H and O–H groups in total. The SMILES string of the molecule is C=C(c1ccc(C#Cc2ccccc2)cc1)N1CCC(N2CCN(C)CC2)CC1. The molecule has 29 heavy (non-hydrogen) atoms. The van der Waals surface area contributed by atoms with Crippen LogP contribution in [0.25, 0.3) is 5.70 Å². The molecule has 0 saturated carbocycles. The van der Waals surface area contributed by atoms with Crippen molar-refractivity contribution in [1.29, 1.82) is 0 Å². The molecular weight excluding hydrogens is 354 g/mol. The molecule has 2 aromatic carbocycles. The minimum Gasteiger partial charge on any atom is -0.371 e. The Morgan fingerprint density at radius 2 is 1.38 bits per heavy atom. The van der Waals surface area contributed by atoms with E-state index in [2.05, 4.69) is 64.4 Å². The van der Waals surface area contributed by atoms with Gasteiger partial charge in [-0.1, -0.05) is 48.8 Å². The van der Waals surface area contributed by atoms with E-state index in [1.54, 1.807) is 0 Å². The molecule has 0 amide bonds. The minimum absolute atomic E-state index is 0.739. The summed E-state index contributed by atoms with van der Waals surface area (Å²) in [5, 5.41) is 0. The third kappa shape index (κ3) is 5.09. The fourth-order valence-corrected chi connectivity index (χ4v) is 4.28. The number of benzene rings is 2. The van der Waals surface area contributed by atoms with Crippen molar-refractivity contribution in [3.05, 3.63) is 77.9 Å². The Hall–Kier alpha value is -2.54. The lowest BCUT2D eigenvalue weighted by molar-refractivity contribution is 0.0802. The number of likely N-dealkylation sites (N-methyl/N-ethyl adjacent to an activating group) is 1. The smallest absolute Gasteiger partial charge is 0.0366 e. The first-order valence-electron chi connectivity index (χ1n) is 10.7. The molecule has 4 rings (SSSR count). The van der Waals surface area contributed by atoms with Gasteiger partial charge in [0.1, 0.15) is 0 Å². The maximum Gasteiger partial charge on any atom is 0.0366 e. The van der Waals surface area contributed by atoms with Crippen LogP contribution in [0.4, 0.5) is 0 Å². The zero-order chi connectivity index (χ0) is 20.1. The van der Waals surface area contributed by atoms with Gasteiger partial charge in [0.15, 0.2) is 0 Å². The Labute approximate surface area is 175 Å². The van der Waals surface area contributed by atoms with E-state index in [0.717, 1.165) is 36.0 Å². The lowest BCUT2D eigenvalue weighted by Crippen LogP contribution is -2.52. The van der Waals surface area contributed by atoms with Gasteiger partial charge in [-0.2, -0.15) is 0 Å². The molecule has 2 saturated heterocycles. The van der Waals surface area contributed by atoms with Crippen LogP contribution in [0.1, 0.15) is 29.5 Å². The van der Waals surface area contributed by atoms with Crippen molar-refractivity contribution in [1.82, 2.24) is 14.7 Å². The first kappa shape index (κ1) is 19.8. The predicted octanol–water partition coefficient (Wildman–Crippen LogP) is 3.77. The van der Waals surface area contributed by atoms with Gasteiger partial charge in [-0.15, -0.1) is 0 Å². The van der Waals surface area contributed by atoms with Gasteiger partial charge in [-0.3, -0.25) is 4.90 Å². The molecule has 0 spiro atoms. The van der Waals surface area contributed by atoms with Crippen LogP contribution in [0.2, 0.25) is 0 Å². The molecule has 0 aromatic heterocycles. The highest BCUT2D eigenvalue weighted by Gasteiger charge is 2.27. The average molecular weight is 386 g/mol. The summed E-state index contributed by atoms with van der Waals surface area (Å²) >= 11 is 0. The molecule has 0 atom stereocenters. The number of piperazine rings is 1. The van der Waals surface area contributed by atoms with Crippen molar-refractivity contribution in [2.75, 3.05) is 46.3 Å². The Bertz CT molecular complexity index is 860. The van der Waals surface area contributed by atoms with E-state index in [4.69, 9.17) is 0 Å². The first-order valence-corrected chi connectivity index (χ1v) is 10.7. The predicted molar refractivity (Wildman–Crippen MR) is 122 cm³/mol. The Kier molecular flexibility index (Phi) is 6.34. The molecule has 0 unspecified atom stereocenters. The van der Waals surface area contributed by atoms with E-state index in [1.165, 1.54) is 44.6 Å². The Balaban J connectivity index is 1.31. The first-order chi connectivity index (χ1) is 14.2. The Morgan fingerprint density at radius 1 is 0.793 bits per heavy atom. The summed E-state index contributed by atoms with van der Waals surface area (Å²) in [6.07, 6.45) is 2.48. The summed E-state index contributed by atoms with van der Waals surface area (Å²) in [5.74, 6) is 6.47. The Morgan fingerprint density at radius 3 is 2.00 bits per heavy atom. The van der Waals surface area contributed by atoms with Crippen molar-refractivity contribution < 1.29 is 0 Å². The molecule has 3 nitrogen and oxygen atoms in total. The van der Waals surface area contributed by atoms with Crippen molar-refractivity contribution in [2.24, 2.45) is 0 Å². The third-order valence-corrected chi connectivity index (χ3v) is 6.24. The normalized spacial score (nSPS) is 18.9. The van der Waals surface area contributed by atoms with Crippen LogP contribution in [0, 0.1) is 11.8 Å². The van der Waals surface area contributed by atoms with E-state index in [9.17, 15) is 0 Å². The van der Waals surface area contributed by atoms with E-state index >= 15 is 0 Å². The van der Waals surface area contributed by atoms with E-state index < -0.39 is 0 Å². The van der Waals surface area contributed by atoms with Crippen LogP contribution in [-0.4, -0.2) is 67.1 Å². The van der Waals surface area contributed by atoms with Crippen molar-refractivity contribution in [3.8, 4) is 11.8 Å². The fraction of sp³-hybridized carbons (Fsp3) is 0.385. The number of piperidine rings is 1. The second-order valence-electron chi connectivity index (χ2n) is 8.20. The summed E-state index contributed by atoms with van der Waals surface area (Å²) in [5.41, 5.74) is 4.43. The number of nitrogens with zero attached hydrogens (tertiary/aromatic N) is 3. The standard InChI is InChI=1S/C26H31N3/c1-22(28-16-14-26(15-17-28)29-20-18-27(2)19-21-29)25-12-10-24(11-13-25)9-8-23-6-4-3-5-7-23/h3-7,10-13,26H,1,14-21H2,2H3. The van der Waals surface area contributed by atoms with Gasteiger partial charge in [0, 0.05) is 62.1 Å². The largest absolute Gasteiger partial charge is 0.371 e. The fourth-order valence-electron chi connectivity index (χ4n) is 4.28. The highest BCUT2D eigenvalue weighted by atomic mass is 15.3. The molecule has 2 aliphatic heterocycles. The zero-order valence-electron chi connectivity index (χ0n) is 17.5. The van der Waals surface area contributed by atoms with E-state index in [1.807, 2.05) is 30.3 Å². The minimum atomic E-state index is 0.739. The average Bonchev–Trinajstić information content (AvgIpc) is 2.79. The van der Waals surface area contributed by atoms with Crippen LogP contribution in [0.3, 0.4) is 0 Å². The van der Waals surface area contributed by atoms with E-state index in [0.29, 0.717) is 0 Å². The molecule has 150 valence electrons. The second kappa shape index (κ2) is 9.31. The molecule has 2 aliphatic rings. The van der Waals surface area contributed by atoms with Gasteiger partial charge in [-0.05, 0) is 49.7 Å². The maximum atomic E-state index is 4.39. The summed E-state index contributed by atoms with van der Waals surface area (Å²) < 4.78 is 0. The summed E-state index contributed by atoms with van der Waals surface area (Å²) in [6, 6.07) is 19.4. The van der Waals surface area contributed by atoms with Crippen LogP contribution in [-0.2, 0) is 0 Å². The highest BCUT2D eigenvalue weighted by molar-refractivity contribution is 5.63. The number of likely N-dealkylation sites (tertiary alicyclic amines) is 1. The number of hydrogen-bond acceptors (Lipinski definition) is 3. The molecule has 0 bridgehead atoms.